The van der Waals surface area contributed by atoms with E-state index in [1.807, 2.05) is 0 Å². The first-order chi connectivity index (χ1) is 15.4. The first kappa shape index (κ1) is 29.0. The zero-order valence-corrected chi connectivity index (χ0v) is 17.0. The minimum absolute atomic E-state index is 0.510. The average Bonchev–Trinajstić information content (AvgIpc) is 2.72. The van der Waals surface area contributed by atoms with Crippen LogP contribution in [0.5, 0.6) is 0 Å². The van der Waals surface area contributed by atoms with Crippen molar-refractivity contribution >= 4 is 17.9 Å². The van der Waals surface area contributed by atoms with E-state index in [4.69, 9.17) is 34.6 Å². The Balaban J connectivity index is 2.86. The maximum absolute atomic E-state index is 11.9. The van der Waals surface area contributed by atoms with Gasteiger partial charge in [0.15, 0.2) is 18.5 Å². The smallest absolute Gasteiger partial charge is 0.307 e. The molecule has 0 saturated carbocycles. The zero-order chi connectivity index (χ0) is 25.1. The quantitative estimate of drug-likeness (QED) is 0.0996. The summed E-state index contributed by atoms with van der Waals surface area (Å²) in [5, 5.41) is 76.1. The van der Waals surface area contributed by atoms with Crippen molar-refractivity contribution in [3.8, 4) is 0 Å². The van der Waals surface area contributed by atoms with Crippen molar-refractivity contribution in [1.82, 2.24) is 15.7 Å². The largest absolute Gasteiger partial charge is 0.762 e. The third-order valence-electron chi connectivity index (χ3n) is 4.10. The van der Waals surface area contributed by atoms with Gasteiger partial charge in [-0.25, -0.2) is 0 Å². The van der Waals surface area contributed by atoms with Crippen LogP contribution in [0.2, 0.25) is 0 Å². The molecule has 0 radical (unpaired) electrons. The number of ether oxygens (including phenoxy) is 4. The Morgan fingerprint density at radius 2 is 1.18 bits per heavy atom. The molecule has 5 N–H and O–H groups in total. The van der Waals surface area contributed by atoms with Crippen LogP contribution in [0.25, 0.3) is 0 Å². The van der Waals surface area contributed by atoms with Crippen LogP contribution in [0.1, 0.15) is 19.3 Å². The first-order valence-corrected chi connectivity index (χ1v) is 9.37. The summed E-state index contributed by atoms with van der Waals surface area (Å²) in [6.45, 7) is -2.72. The fraction of sp³-hybridized carbons (Fsp3) is 0.800. The highest BCUT2D eigenvalue weighted by atomic mass is 16.8. The van der Waals surface area contributed by atoms with Crippen LogP contribution in [-0.2, 0) is 33.3 Å². The number of nitrogens with zero attached hydrogens (tertiary/aromatic N) is 3. The van der Waals surface area contributed by atoms with Gasteiger partial charge in [0.05, 0.1) is 19.3 Å². The number of esters is 3. The summed E-state index contributed by atoms with van der Waals surface area (Å²) in [6.07, 6.45) is -10.9. The molecule has 0 unspecified atom stereocenters. The van der Waals surface area contributed by atoms with Crippen molar-refractivity contribution in [3.05, 3.63) is 15.6 Å². The predicted molar refractivity (Wildman–Crippen MR) is 97.0 cm³/mol. The predicted octanol–water partition coefficient (Wildman–Crippen LogP) is -2.83. The summed E-state index contributed by atoms with van der Waals surface area (Å²) in [7, 11) is 0. The fourth-order valence-corrected chi connectivity index (χ4v) is 2.53. The Bertz CT molecular complexity index is 634. The van der Waals surface area contributed by atoms with Gasteiger partial charge >= 0.3 is 17.9 Å². The number of aliphatic hydroxyl groups excluding tert-OH is 2. The van der Waals surface area contributed by atoms with E-state index in [1.54, 1.807) is 0 Å². The van der Waals surface area contributed by atoms with Gasteiger partial charge in [-0.1, -0.05) is 0 Å². The molecule has 18 heteroatoms. The molecule has 0 aliphatic carbocycles. The first-order valence-electron chi connectivity index (χ1n) is 9.37. The highest BCUT2D eigenvalue weighted by Gasteiger charge is 2.49. The van der Waals surface area contributed by atoms with Gasteiger partial charge in [-0.15, -0.1) is 0 Å². The molecule has 192 valence electrons. The van der Waals surface area contributed by atoms with Crippen molar-refractivity contribution in [2.45, 2.75) is 50.0 Å². The van der Waals surface area contributed by atoms with Gasteiger partial charge in [-0.3, -0.25) is 30.1 Å². The summed E-state index contributed by atoms with van der Waals surface area (Å²) >= 11 is 0. The second kappa shape index (κ2) is 14.2. The highest BCUT2D eigenvalue weighted by Crippen LogP contribution is 2.26. The van der Waals surface area contributed by atoms with Gasteiger partial charge in [0, 0.05) is 19.6 Å². The van der Waals surface area contributed by atoms with E-state index in [9.17, 15) is 40.2 Å². The average molecular weight is 486 g/mol. The molecule has 0 aromatic rings. The van der Waals surface area contributed by atoms with Gasteiger partial charge < -0.3 is 60.4 Å². The van der Waals surface area contributed by atoms with Gasteiger partial charge in [0.2, 0.25) is 0 Å². The van der Waals surface area contributed by atoms with Crippen molar-refractivity contribution in [1.29, 1.82) is 0 Å². The Labute approximate surface area is 185 Å². The van der Waals surface area contributed by atoms with Crippen LogP contribution >= 0.6 is 0 Å². The molecule has 0 bridgehead atoms. The van der Waals surface area contributed by atoms with Gasteiger partial charge in [0.25, 0.3) is 0 Å². The summed E-state index contributed by atoms with van der Waals surface area (Å²) in [5.74, 6) is -3.29. The van der Waals surface area contributed by atoms with Gasteiger partial charge in [-0.2, -0.15) is 0 Å². The van der Waals surface area contributed by atoms with Crippen LogP contribution in [-0.4, -0.2) is 116 Å². The zero-order valence-electron chi connectivity index (χ0n) is 17.0. The Hall–Kier alpha value is -2.07. The lowest BCUT2D eigenvalue weighted by molar-refractivity contribution is -0.294. The lowest BCUT2D eigenvalue weighted by Crippen LogP contribution is -2.61. The van der Waals surface area contributed by atoms with Gasteiger partial charge in [-0.05, 0) is 0 Å². The molecule has 1 aliphatic heterocycles. The number of aliphatic hydroxyl groups is 2. The van der Waals surface area contributed by atoms with E-state index in [-0.39, 0.29) is 0 Å². The Morgan fingerprint density at radius 3 is 1.64 bits per heavy atom. The number of rotatable bonds is 13. The van der Waals surface area contributed by atoms with Crippen LogP contribution < -0.4 is 0 Å². The molecule has 18 nitrogen and oxygen atoms in total. The molecule has 1 aliphatic rings. The van der Waals surface area contributed by atoms with E-state index in [0.29, 0.717) is 0 Å². The number of carbonyl (C=O) groups is 3. The molecule has 33 heavy (non-hydrogen) atoms. The van der Waals surface area contributed by atoms with Gasteiger partial charge in [0.1, 0.15) is 18.8 Å². The fourth-order valence-electron chi connectivity index (χ4n) is 2.53. The number of hydroxylamine groups is 6. The lowest BCUT2D eigenvalue weighted by Gasteiger charge is -2.41. The highest BCUT2D eigenvalue weighted by molar-refractivity contribution is 5.71. The molecule has 0 aromatic heterocycles. The SMILES string of the molecule is O=C(CCN([O-])O)OC[C@H]1O[C@H](O)[C@H](OC(=O)CCN([O-])O)[C@H](OC(=O)CCN([O-])O)[C@@H]1O. The summed E-state index contributed by atoms with van der Waals surface area (Å²) < 4.78 is 19.6. The summed E-state index contributed by atoms with van der Waals surface area (Å²) in [6, 6.07) is 0. The molecular weight excluding hydrogens is 462 g/mol. The van der Waals surface area contributed by atoms with E-state index < -0.39 is 110 Å². The molecule has 0 amide bonds. The Morgan fingerprint density at radius 1 is 0.758 bits per heavy atom. The second-order valence-corrected chi connectivity index (χ2v) is 6.62. The number of hydrogen-bond acceptors (Lipinski definition) is 18. The maximum Gasteiger partial charge on any atom is 0.307 e. The van der Waals surface area contributed by atoms with E-state index in [1.165, 1.54) is 0 Å². The monoisotopic (exact) mass is 486 g/mol. The molecule has 1 rings (SSSR count). The molecule has 5 atom stereocenters. The van der Waals surface area contributed by atoms with Crippen LogP contribution in [0, 0.1) is 15.6 Å². The van der Waals surface area contributed by atoms with Crippen molar-refractivity contribution in [3.63, 3.8) is 0 Å². The molecule has 1 heterocycles. The van der Waals surface area contributed by atoms with Crippen molar-refractivity contribution in [2.24, 2.45) is 0 Å². The number of hydrogen-bond donors (Lipinski definition) is 5. The third kappa shape index (κ3) is 11.1. The molecular formula is C15H24N3O15-3. The third-order valence-corrected chi connectivity index (χ3v) is 4.10. The van der Waals surface area contributed by atoms with Crippen LogP contribution in [0.15, 0.2) is 0 Å². The molecule has 1 fully saturated rings. The van der Waals surface area contributed by atoms with Crippen molar-refractivity contribution < 1.29 is 59.2 Å². The van der Waals surface area contributed by atoms with E-state index in [0.717, 1.165) is 0 Å². The molecule has 0 aromatic carbocycles. The maximum atomic E-state index is 11.9. The Kier molecular flexibility index (Phi) is 12.5. The topological polar surface area (TPSA) is 268 Å². The second-order valence-electron chi connectivity index (χ2n) is 6.62. The summed E-state index contributed by atoms with van der Waals surface area (Å²) in [5.41, 5.74) is 0. The minimum atomic E-state index is -2.03. The number of carbonyl (C=O) groups excluding carboxylic acids is 3. The van der Waals surface area contributed by atoms with Crippen molar-refractivity contribution in [2.75, 3.05) is 26.2 Å². The van der Waals surface area contributed by atoms with Crippen LogP contribution in [0.3, 0.4) is 0 Å². The normalized spacial score (nSPS) is 25.4. The molecule has 1 saturated heterocycles. The van der Waals surface area contributed by atoms with E-state index >= 15 is 0 Å². The minimum Gasteiger partial charge on any atom is -0.762 e. The lowest BCUT2D eigenvalue weighted by atomic mass is 9.98. The summed E-state index contributed by atoms with van der Waals surface area (Å²) in [4.78, 5) is 35.4. The standard InChI is InChI=1S/C15H24N3O15/c19-9(1-4-16(24)25)30-7-8-12(22)13(32-10(20)2-5-17(26)27)14(15(23)31-8)33-11(21)3-6-18(28)29/h8,12-15,22-24,26,28H,1-7H2/q-3/t8-,12-,13-,14-,15+/m1/s1. The molecule has 0 spiro atoms. The van der Waals surface area contributed by atoms with E-state index in [2.05, 4.69) is 0 Å². The van der Waals surface area contributed by atoms with Crippen LogP contribution in [0.4, 0.5) is 0 Å².